The lowest BCUT2D eigenvalue weighted by atomic mass is 10.1. The minimum absolute atomic E-state index is 0.0879. The summed E-state index contributed by atoms with van der Waals surface area (Å²) in [5, 5.41) is 7.83. The lowest BCUT2D eigenvalue weighted by Crippen LogP contribution is -2.26. The molecule has 7 nitrogen and oxygen atoms in total. The third-order valence-corrected chi connectivity index (χ3v) is 5.39. The summed E-state index contributed by atoms with van der Waals surface area (Å²) in [7, 11) is 0. The standard InChI is InChI=1S/C24H20N4O3/c29-22-7-4-12-28(22)21-13-16(10-11-25-21)15-26-24(30)18-8-9-20-19(14-18)23(31-27-20)17-5-2-1-3-6-17/h1-3,5-6,8-11,13-14H,4,7,12,15H2,(H,26,30). The lowest BCUT2D eigenvalue weighted by molar-refractivity contribution is -0.117. The van der Waals surface area contributed by atoms with Crippen molar-refractivity contribution in [1.82, 2.24) is 15.5 Å². The third kappa shape index (κ3) is 3.77. The zero-order valence-electron chi connectivity index (χ0n) is 16.7. The predicted molar refractivity (Wildman–Crippen MR) is 116 cm³/mol. The maximum atomic E-state index is 12.8. The molecule has 1 aliphatic rings. The molecule has 5 rings (SSSR count). The summed E-state index contributed by atoms with van der Waals surface area (Å²) in [5.41, 5.74) is 3.01. The number of rotatable bonds is 5. The van der Waals surface area contributed by atoms with Crippen molar-refractivity contribution in [3.8, 4) is 11.3 Å². The first-order valence-electron chi connectivity index (χ1n) is 10.2. The van der Waals surface area contributed by atoms with Gasteiger partial charge in [-0.15, -0.1) is 0 Å². The van der Waals surface area contributed by atoms with Crippen molar-refractivity contribution in [3.63, 3.8) is 0 Å². The molecule has 154 valence electrons. The highest BCUT2D eigenvalue weighted by atomic mass is 16.5. The Morgan fingerprint density at radius 2 is 1.97 bits per heavy atom. The van der Waals surface area contributed by atoms with Crippen LogP contribution in [0, 0.1) is 0 Å². The van der Waals surface area contributed by atoms with Crippen LogP contribution in [0.3, 0.4) is 0 Å². The van der Waals surface area contributed by atoms with Crippen LogP contribution in [0.2, 0.25) is 0 Å². The molecule has 2 aromatic carbocycles. The molecule has 1 fully saturated rings. The molecular formula is C24H20N4O3. The van der Waals surface area contributed by atoms with Crippen molar-refractivity contribution in [2.45, 2.75) is 19.4 Å². The molecule has 0 aliphatic carbocycles. The van der Waals surface area contributed by atoms with Gasteiger partial charge in [-0.3, -0.25) is 14.5 Å². The number of hydrogen-bond acceptors (Lipinski definition) is 5. The number of nitrogens with one attached hydrogen (secondary N) is 1. The van der Waals surface area contributed by atoms with Crippen LogP contribution in [0.1, 0.15) is 28.8 Å². The Balaban J connectivity index is 1.33. The van der Waals surface area contributed by atoms with Gasteiger partial charge in [0.15, 0.2) is 5.76 Å². The average Bonchev–Trinajstić information content (AvgIpc) is 3.44. The molecule has 3 heterocycles. The molecule has 31 heavy (non-hydrogen) atoms. The van der Waals surface area contributed by atoms with E-state index in [2.05, 4.69) is 15.5 Å². The van der Waals surface area contributed by atoms with Crippen LogP contribution in [0.5, 0.6) is 0 Å². The Morgan fingerprint density at radius 1 is 1.10 bits per heavy atom. The molecule has 0 saturated carbocycles. The highest BCUT2D eigenvalue weighted by molar-refractivity contribution is 6.01. The summed E-state index contributed by atoms with van der Waals surface area (Å²) >= 11 is 0. The Morgan fingerprint density at radius 3 is 2.77 bits per heavy atom. The van der Waals surface area contributed by atoms with Gasteiger partial charge < -0.3 is 9.84 Å². The average molecular weight is 412 g/mol. The van der Waals surface area contributed by atoms with Gasteiger partial charge in [0.25, 0.3) is 5.91 Å². The second-order valence-electron chi connectivity index (χ2n) is 7.46. The van der Waals surface area contributed by atoms with Gasteiger partial charge in [-0.2, -0.15) is 0 Å². The van der Waals surface area contributed by atoms with Crippen molar-refractivity contribution in [2.75, 3.05) is 11.4 Å². The zero-order valence-corrected chi connectivity index (χ0v) is 16.7. The molecule has 0 spiro atoms. The van der Waals surface area contributed by atoms with Crippen molar-refractivity contribution < 1.29 is 14.1 Å². The third-order valence-electron chi connectivity index (χ3n) is 5.39. The van der Waals surface area contributed by atoms with E-state index < -0.39 is 0 Å². The number of pyridine rings is 1. The Hall–Kier alpha value is -4.00. The first-order valence-corrected chi connectivity index (χ1v) is 10.2. The van der Waals surface area contributed by atoms with Crippen molar-refractivity contribution in [1.29, 1.82) is 0 Å². The summed E-state index contributed by atoms with van der Waals surface area (Å²) in [6, 6.07) is 18.7. The number of anilines is 1. The molecule has 4 aromatic rings. The van der Waals surface area contributed by atoms with E-state index >= 15 is 0 Å². The first-order chi connectivity index (χ1) is 15.2. The smallest absolute Gasteiger partial charge is 0.251 e. The van der Waals surface area contributed by atoms with Crippen LogP contribution < -0.4 is 10.2 Å². The highest BCUT2D eigenvalue weighted by Crippen LogP contribution is 2.29. The van der Waals surface area contributed by atoms with Gasteiger partial charge in [0.2, 0.25) is 5.91 Å². The maximum absolute atomic E-state index is 12.8. The SMILES string of the molecule is O=C(NCc1ccnc(N2CCCC2=O)c1)c1ccc2noc(-c3ccccc3)c2c1. The van der Waals surface area contributed by atoms with Crippen LogP contribution in [-0.2, 0) is 11.3 Å². The van der Waals surface area contributed by atoms with Crippen LogP contribution in [0.4, 0.5) is 5.82 Å². The van der Waals surface area contributed by atoms with Crippen molar-refractivity contribution >= 4 is 28.5 Å². The van der Waals surface area contributed by atoms with Gasteiger partial charge >= 0.3 is 0 Å². The van der Waals surface area contributed by atoms with Crippen LogP contribution in [0.15, 0.2) is 71.4 Å². The largest absolute Gasteiger partial charge is 0.355 e. The number of benzene rings is 2. The molecular weight excluding hydrogens is 392 g/mol. The molecule has 0 bridgehead atoms. The monoisotopic (exact) mass is 412 g/mol. The lowest BCUT2D eigenvalue weighted by Gasteiger charge is -2.15. The number of hydrogen-bond donors (Lipinski definition) is 1. The van der Waals surface area contributed by atoms with Gasteiger partial charge in [-0.05, 0) is 42.3 Å². The molecule has 0 atom stereocenters. The van der Waals surface area contributed by atoms with E-state index in [0.717, 1.165) is 22.9 Å². The highest BCUT2D eigenvalue weighted by Gasteiger charge is 2.22. The van der Waals surface area contributed by atoms with Gasteiger partial charge in [0, 0.05) is 36.8 Å². The van der Waals surface area contributed by atoms with Crippen LogP contribution in [-0.4, -0.2) is 28.5 Å². The van der Waals surface area contributed by atoms with Gasteiger partial charge in [-0.1, -0.05) is 35.5 Å². The van der Waals surface area contributed by atoms with Gasteiger partial charge in [0.05, 0.1) is 5.39 Å². The fraction of sp³-hybridized carbons (Fsp3) is 0.167. The number of fused-ring (bicyclic) bond motifs is 1. The first kappa shape index (κ1) is 19.0. The number of carbonyl (C=O) groups excluding carboxylic acids is 2. The fourth-order valence-corrected chi connectivity index (χ4v) is 3.77. The molecule has 2 amide bonds. The van der Waals surface area contributed by atoms with Gasteiger partial charge in [-0.25, -0.2) is 4.98 Å². The summed E-state index contributed by atoms with van der Waals surface area (Å²) < 4.78 is 5.51. The van der Waals surface area contributed by atoms with E-state index in [4.69, 9.17) is 4.52 Å². The van der Waals surface area contributed by atoms with Crippen LogP contribution in [0.25, 0.3) is 22.2 Å². The molecule has 0 unspecified atom stereocenters. The minimum Gasteiger partial charge on any atom is -0.355 e. The van der Waals surface area contributed by atoms with Gasteiger partial charge in [0.1, 0.15) is 11.3 Å². The van der Waals surface area contributed by atoms with E-state index in [9.17, 15) is 9.59 Å². The van der Waals surface area contributed by atoms with Crippen molar-refractivity contribution in [2.24, 2.45) is 0 Å². The van der Waals surface area contributed by atoms with Crippen molar-refractivity contribution in [3.05, 3.63) is 78.0 Å². The molecule has 0 radical (unpaired) electrons. The Bertz CT molecular complexity index is 1270. The molecule has 7 heteroatoms. The minimum atomic E-state index is -0.197. The molecule has 2 aromatic heterocycles. The predicted octanol–water partition coefficient (Wildman–Crippen LogP) is 3.95. The summed E-state index contributed by atoms with van der Waals surface area (Å²) in [6.07, 6.45) is 3.06. The molecule has 1 saturated heterocycles. The molecule has 1 N–H and O–H groups in total. The second kappa shape index (κ2) is 8.02. The summed E-state index contributed by atoms with van der Waals surface area (Å²) in [5.74, 6) is 1.16. The van der Waals surface area contributed by atoms with E-state index in [-0.39, 0.29) is 11.8 Å². The normalized spacial score (nSPS) is 13.7. The van der Waals surface area contributed by atoms with Crippen LogP contribution >= 0.6 is 0 Å². The van der Waals surface area contributed by atoms with E-state index in [1.807, 2.05) is 42.5 Å². The summed E-state index contributed by atoms with van der Waals surface area (Å²) in [4.78, 5) is 30.7. The van der Waals surface area contributed by atoms with E-state index in [1.165, 1.54) is 0 Å². The number of carbonyl (C=O) groups is 2. The summed E-state index contributed by atoms with van der Waals surface area (Å²) in [6.45, 7) is 1.02. The number of aromatic nitrogens is 2. The number of nitrogens with zero attached hydrogens (tertiary/aromatic N) is 3. The zero-order chi connectivity index (χ0) is 21.2. The Labute approximate surface area is 178 Å². The number of amides is 2. The van der Waals surface area contributed by atoms with E-state index in [0.29, 0.717) is 42.2 Å². The fourth-order valence-electron chi connectivity index (χ4n) is 3.77. The molecule has 1 aliphatic heterocycles. The quantitative estimate of drug-likeness (QED) is 0.536. The second-order valence-corrected chi connectivity index (χ2v) is 7.46. The Kier molecular flexibility index (Phi) is 4.92. The van der Waals surface area contributed by atoms with E-state index in [1.54, 1.807) is 29.3 Å². The maximum Gasteiger partial charge on any atom is 0.251 e. The topological polar surface area (TPSA) is 88.3 Å².